The van der Waals surface area contributed by atoms with E-state index in [2.05, 4.69) is 0 Å². The van der Waals surface area contributed by atoms with Crippen molar-refractivity contribution in [3.05, 3.63) is 35.4 Å². The Morgan fingerprint density at radius 1 is 0.952 bits per heavy atom. The lowest BCUT2D eigenvalue weighted by Gasteiger charge is -2.36. The first-order valence-electron chi connectivity index (χ1n) is 8.05. The second-order valence-electron chi connectivity index (χ2n) is 6.46. The topological polar surface area (TPSA) is 37.4 Å². The van der Waals surface area contributed by atoms with E-state index in [1.54, 1.807) is 0 Å². The van der Waals surface area contributed by atoms with Crippen LogP contribution in [0.25, 0.3) is 0 Å². The van der Waals surface area contributed by atoms with Gasteiger partial charge in [0, 0.05) is 30.5 Å². The molecule has 2 aliphatic rings. The molecule has 0 radical (unpaired) electrons. The zero-order chi connectivity index (χ0) is 14.8. The van der Waals surface area contributed by atoms with Crippen molar-refractivity contribution in [2.45, 2.75) is 39.0 Å². The summed E-state index contributed by atoms with van der Waals surface area (Å²) in [6.07, 6.45) is 4.93. The highest BCUT2D eigenvalue weighted by Crippen LogP contribution is 2.30. The van der Waals surface area contributed by atoms with Crippen molar-refractivity contribution in [2.75, 3.05) is 13.1 Å². The van der Waals surface area contributed by atoms with Gasteiger partial charge in [-0.3, -0.25) is 9.59 Å². The zero-order valence-electron chi connectivity index (χ0n) is 12.7. The smallest absolute Gasteiger partial charge is 0.225 e. The normalized spacial score (nSPS) is 20.1. The Labute approximate surface area is 126 Å². The van der Waals surface area contributed by atoms with Crippen LogP contribution in [0.1, 0.15) is 48.0 Å². The van der Waals surface area contributed by atoms with Gasteiger partial charge in [0.05, 0.1) is 0 Å². The van der Waals surface area contributed by atoms with Crippen molar-refractivity contribution in [3.63, 3.8) is 0 Å². The number of aryl methyl sites for hydroxylation is 1. The average molecular weight is 285 g/mol. The second kappa shape index (κ2) is 6.00. The van der Waals surface area contributed by atoms with Crippen LogP contribution in [-0.2, 0) is 4.79 Å². The van der Waals surface area contributed by atoms with E-state index in [0.29, 0.717) is 5.91 Å². The summed E-state index contributed by atoms with van der Waals surface area (Å²) in [5.41, 5.74) is 1.98. The van der Waals surface area contributed by atoms with Gasteiger partial charge in [0.1, 0.15) is 0 Å². The summed E-state index contributed by atoms with van der Waals surface area (Å²) >= 11 is 0. The first-order chi connectivity index (χ1) is 10.1. The Hall–Kier alpha value is -1.64. The lowest BCUT2D eigenvalue weighted by Crippen LogP contribution is -2.44. The number of amides is 1. The van der Waals surface area contributed by atoms with E-state index in [-0.39, 0.29) is 17.6 Å². The Morgan fingerprint density at radius 3 is 2.10 bits per heavy atom. The number of likely N-dealkylation sites (tertiary alicyclic amines) is 1. The maximum Gasteiger partial charge on any atom is 0.225 e. The number of Topliss-reactive ketones (excluding diaryl/α,β-unsaturated/α-hetero) is 1. The third-order valence-electron chi connectivity index (χ3n) is 4.97. The molecule has 1 aromatic rings. The van der Waals surface area contributed by atoms with Crippen LogP contribution in [0, 0.1) is 18.8 Å². The van der Waals surface area contributed by atoms with Gasteiger partial charge in [-0.2, -0.15) is 0 Å². The van der Waals surface area contributed by atoms with Gasteiger partial charge in [-0.15, -0.1) is 0 Å². The summed E-state index contributed by atoms with van der Waals surface area (Å²) in [7, 11) is 0. The van der Waals surface area contributed by atoms with E-state index < -0.39 is 0 Å². The van der Waals surface area contributed by atoms with Crippen LogP contribution in [0.5, 0.6) is 0 Å². The maximum absolute atomic E-state index is 12.5. The van der Waals surface area contributed by atoms with Gasteiger partial charge in [0.2, 0.25) is 5.91 Å². The third kappa shape index (κ3) is 3.02. The van der Waals surface area contributed by atoms with Crippen molar-refractivity contribution < 1.29 is 9.59 Å². The second-order valence-corrected chi connectivity index (χ2v) is 6.46. The van der Waals surface area contributed by atoms with Gasteiger partial charge in [0.25, 0.3) is 0 Å². The summed E-state index contributed by atoms with van der Waals surface area (Å²) in [4.78, 5) is 26.7. The summed E-state index contributed by atoms with van der Waals surface area (Å²) < 4.78 is 0. The van der Waals surface area contributed by atoms with Crippen molar-refractivity contribution in [3.8, 4) is 0 Å². The summed E-state index contributed by atoms with van der Waals surface area (Å²) in [5.74, 6) is 0.917. The minimum absolute atomic E-state index is 0.0816. The van der Waals surface area contributed by atoms with Crippen LogP contribution < -0.4 is 0 Å². The SMILES string of the molecule is Cc1ccc(C(=O)C2CCN(C(=O)C3CCC3)CC2)cc1. The number of benzene rings is 1. The fourth-order valence-electron chi connectivity index (χ4n) is 3.23. The van der Waals surface area contributed by atoms with Crippen LogP contribution in [0.15, 0.2) is 24.3 Å². The van der Waals surface area contributed by atoms with E-state index >= 15 is 0 Å². The van der Waals surface area contributed by atoms with Gasteiger partial charge >= 0.3 is 0 Å². The first kappa shape index (κ1) is 14.3. The first-order valence-corrected chi connectivity index (χ1v) is 8.05. The maximum atomic E-state index is 12.5. The molecule has 0 N–H and O–H groups in total. The van der Waals surface area contributed by atoms with E-state index in [1.807, 2.05) is 36.1 Å². The van der Waals surface area contributed by atoms with Crippen LogP contribution in [0.2, 0.25) is 0 Å². The highest BCUT2D eigenvalue weighted by molar-refractivity contribution is 5.98. The molecule has 112 valence electrons. The van der Waals surface area contributed by atoms with E-state index in [4.69, 9.17) is 0 Å². The molecule has 3 heteroatoms. The predicted octanol–water partition coefficient (Wildman–Crippen LogP) is 3.22. The Bertz CT molecular complexity index is 523. The molecule has 1 aromatic carbocycles. The Balaban J connectivity index is 1.56. The molecule has 0 aromatic heterocycles. The number of hydrogen-bond acceptors (Lipinski definition) is 2. The standard InChI is InChI=1S/C18H23NO2/c1-13-5-7-14(8-6-13)17(20)15-9-11-19(12-10-15)18(21)16-3-2-4-16/h5-8,15-16H,2-4,9-12H2,1H3. The molecule has 21 heavy (non-hydrogen) atoms. The number of nitrogens with zero attached hydrogens (tertiary/aromatic N) is 1. The highest BCUT2D eigenvalue weighted by atomic mass is 16.2. The quantitative estimate of drug-likeness (QED) is 0.800. The zero-order valence-corrected chi connectivity index (χ0v) is 12.7. The molecule has 1 aliphatic heterocycles. The summed E-state index contributed by atoms with van der Waals surface area (Å²) in [6.45, 7) is 3.52. The fraction of sp³-hybridized carbons (Fsp3) is 0.556. The molecule has 1 saturated heterocycles. The van der Waals surface area contributed by atoms with Crippen LogP contribution in [0.3, 0.4) is 0 Å². The molecule has 0 unspecified atom stereocenters. The van der Waals surface area contributed by atoms with Crippen LogP contribution >= 0.6 is 0 Å². The van der Waals surface area contributed by atoms with Crippen molar-refractivity contribution in [1.82, 2.24) is 4.90 Å². The summed E-state index contributed by atoms with van der Waals surface area (Å²) in [5, 5.41) is 0. The number of carbonyl (C=O) groups excluding carboxylic acids is 2. The van der Waals surface area contributed by atoms with E-state index in [9.17, 15) is 9.59 Å². The molecular formula is C18H23NO2. The number of rotatable bonds is 3. The van der Waals surface area contributed by atoms with E-state index in [1.165, 1.54) is 12.0 Å². The molecule has 3 rings (SSSR count). The van der Waals surface area contributed by atoms with Gasteiger partial charge in [0.15, 0.2) is 5.78 Å². The molecule has 1 saturated carbocycles. The van der Waals surface area contributed by atoms with Gasteiger partial charge in [-0.05, 0) is 32.6 Å². The molecule has 3 nitrogen and oxygen atoms in total. The van der Waals surface area contributed by atoms with Gasteiger partial charge in [-0.1, -0.05) is 36.2 Å². The van der Waals surface area contributed by atoms with Gasteiger partial charge in [-0.25, -0.2) is 0 Å². The molecule has 0 atom stereocenters. The Kier molecular flexibility index (Phi) is 4.09. The van der Waals surface area contributed by atoms with E-state index in [0.717, 1.165) is 44.3 Å². The predicted molar refractivity (Wildman–Crippen MR) is 82.2 cm³/mol. The third-order valence-corrected chi connectivity index (χ3v) is 4.97. The molecule has 1 amide bonds. The highest BCUT2D eigenvalue weighted by Gasteiger charge is 2.33. The average Bonchev–Trinajstić information content (AvgIpc) is 2.46. The minimum atomic E-state index is 0.0816. The number of carbonyl (C=O) groups is 2. The fourth-order valence-corrected chi connectivity index (χ4v) is 3.23. The molecule has 1 heterocycles. The molecular weight excluding hydrogens is 262 g/mol. The van der Waals surface area contributed by atoms with Gasteiger partial charge < -0.3 is 4.90 Å². The van der Waals surface area contributed by atoms with Crippen molar-refractivity contribution >= 4 is 11.7 Å². The monoisotopic (exact) mass is 285 g/mol. The minimum Gasteiger partial charge on any atom is -0.342 e. The van der Waals surface area contributed by atoms with Crippen molar-refractivity contribution in [1.29, 1.82) is 0 Å². The number of ketones is 1. The molecule has 1 aliphatic carbocycles. The molecule has 0 spiro atoms. The Morgan fingerprint density at radius 2 is 1.57 bits per heavy atom. The number of hydrogen-bond donors (Lipinski definition) is 0. The van der Waals surface area contributed by atoms with Crippen molar-refractivity contribution in [2.24, 2.45) is 11.8 Å². The van der Waals surface area contributed by atoms with Crippen LogP contribution in [-0.4, -0.2) is 29.7 Å². The summed E-state index contributed by atoms with van der Waals surface area (Å²) in [6, 6.07) is 7.82. The largest absolute Gasteiger partial charge is 0.342 e. The van der Waals surface area contributed by atoms with Crippen LogP contribution in [0.4, 0.5) is 0 Å². The molecule has 2 fully saturated rings. The molecule has 0 bridgehead atoms. The lowest BCUT2D eigenvalue weighted by molar-refractivity contribution is -0.139. The number of piperidine rings is 1. The lowest BCUT2D eigenvalue weighted by atomic mass is 9.83.